The number of aryl methyl sites for hydroxylation is 1. The number of carbonyl (C=O) groups excluding carboxylic acids is 2. The number of nitrogens with zero attached hydrogens (tertiary/aromatic N) is 1. The maximum absolute atomic E-state index is 12.1. The maximum Gasteiger partial charge on any atom is 0.338 e. The van der Waals surface area contributed by atoms with Crippen LogP contribution < -0.4 is 0 Å². The van der Waals surface area contributed by atoms with Crippen LogP contribution in [-0.4, -0.2) is 29.5 Å². The van der Waals surface area contributed by atoms with Crippen molar-refractivity contribution in [2.45, 2.75) is 11.8 Å². The molecule has 0 amide bonds. The average Bonchev–Trinajstić information content (AvgIpc) is 2.59. The predicted molar refractivity (Wildman–Crippen MR) is 90.7 cm³/mol. The molecule has 2 rings (SSSR count). The van der Waals surface area contributed by atoms with Crippen molar-refractivity contribution in [3.05, 3.63) is 69.3 Å². The number of esters is 1. The molecular formula is C17H15NO5S. The summed E-state index contributed by atoms with van der Waals surface area (Å²) in [6, 6.07) is 11.0. The quantitative estimate of drug-likeness (QED) is 0.261. The van der Waals surface area contributed by atoms with Gasteiger partial charge in [0.2, 0.25) is 5.78 Å². The molecule has 0 spiro atoms. The largest absolute Gasteiger partial charge is 0.454 e. The molecule has 0 fully saturated rings. The highest BCUT2D eigenvalue weighted by atomic mass is 32.2. The number of thioether (sulfide) groups is 1. The molecule has 0 saturated heterocycles. The average molecular weight is 345 g/mol. The molecule has 0 saturated carbocycles. The molecular weight excluding hydrogens is 330 g/mol. The molecule has 0 bridgehead atoms. The van der Waals surface area contributed by atoms with Gasteiger partial charge in [-0.3, -0.25) is 14.9 Å². The molecule has 0 unspecified atom stereocenters. The van der Waals surface area contributed by atoms with Crippen LogP contribution in [0.3, 0.4) is 0 Å². The lowest BCUT2D eigenvalue weighted by Crippen LogP contribution is -2.14. The number of hydrogen-bond donors (Lipinski definition) is 0. The minimum absolute atomic E-state index is 0.137. The Morgan fingerprint density at radius 3 is 2.33 bits per heavy atom. The summed E-state index contributed by atoms with van der Waals surface area (Å²) in [6.07, 6.45) is 1.92. The monoisotopic (exact) mass is 345 g/mol. The Kier molecular flexibility index (Phi) is 5.70. The van der Waals surface area contributed by atoms with E-state index in [1.807, 2.05) is 6.26 Å². The van der Waals surface area contributed by atoms with Crippen molar-refractivity contribution >= 4 is 29.2 Å². The summed E-state index contributed by atoms with van der Waals surface area (Å²) >= 11 is 1.55. The van der Waals surface area contributed by atoms with Crippen molar-refractivity contribution in [3.8, 4) is 0 Å². The summed E-state index contributed by atoms with van der Waals surface area (Å²) in [5, 5.41) is 10.9. The van der Waals surface area contributed by atoms with E-state index in [1.54, 1.807) is 43.0 Å². The fraction of sp³-hybridized carbons (Fsp3) is 0.176. The molecule has 6 nitrogen and oxygen atoms in total. The molecule has 7 heteroatoms. The van der Waals surface area contributed by atoms with E-state index in [-0.39, 0.29) is 11.3 Å². The second kappa shape index (κ2) is 7.74. The smallest absolute Gasteiger partial charge is 0.338 e. The van der Waals surface area contributed by atoms with Crippen molar-refractivity contribution in [2.24, 2.45) is 0 Å². The summed E-state index contributed by atoms with van der Waals surface area (Å²) in [7, 11) is 0. The van der Waals surface area contributed by atoms with Crippen LogP contribution in [0.1, 0.15) is 26.3 Å². The van der Waals surface area contributed by atoms with Gasteiger partial charge in [-0.15, -0.1) is 11.8 Å². The minimum atomic E-state index is -0.613. The number of nitro benzene ring substituents is 1. The molecule has 0 N–H and O–H groups in total. The van der Waals surface area contributed by atoms with Crippen LogP contribution in [0, 0.1) is 17.0 Å². The van der Waals surface area contributed by atoms with Gasteiger partial charge in [0.05, 0.1) is 10.5 Å². The molecule has 2 aromatic carbocycles. The normalized spacial score (nSPS) is 10.2. The Bertz CT molecular complexity index is 786. The molecule has 0 radical (unpaired) electrons. The number of carbonyl (C=O) groups is 2. The van der Waals surface area contributed by atoms with Gasteiger partial charge in [-0.1, -0.05) is 12.1 Å². The third kappa shape index (κ3) is 4.20. The van der Waals surface area contributed by atoms with E-state index in [4.69, 9.17) is 4.74 Å². The molecule has 0 atom stereocenters. The van der Waals surface area contributed by atoms with Crippen LogP contribution in [0.15, 0.2) is 47.4 Å². The van der Waals surface area contributed by atoms with Gasteiger partial charge in [-0.05, 0) is 37.4 Å². The Labute approximate surface area is 143 Å². The number of ketones is 1. The first-order valence-corrected chi connectivity index (χ1v) is 8.24. The van der Waals surface area contributed by atoms with E-state index >= 15 is 0 Å². The van der Waals surface area contributed by atoms with Gasteiger partial charge in [0.25, 0.3) is 5.69 Å². The first kappa shape index (κ1) is 17.7. The third-order valence-corrected chi connectivity index (χ3v) is 4.13. The van der Waals surface area contributed by atoms with Crippen molar-refractivity contribution in [1.29, 1.82) is 0 Å². The fourth-order valence-corrected chi connectivity index (χ4v) is 2.41. The molecule has 0 aromatic heterocycles. The van der Waals surface area contributed by atoms with E-state index in [0.717, 1.165) is 4.90 Å². The van der Waals surface area contributed by atoms with E-state index in [9.17, 15) is 19.7 Å². The first-order chi connectivity index (χ1) is 11.4. The molecule has 0 aliphatic rings. The first-order valence-electron chi connectivity index (χ1n) is 7.02. The van der Waals surface area contributed by atoms with Gasteiger partial charge in [-0.25, -0.2) is 4.79 Å². The van der Waals surface area contributed by atoms with Crippen molar-refractivity contribution in [3.63, 3.8) is 0 Å². The van der Waals surface area contributed by atoms with Gasteiger partial charge in [-0.2, -0.15) is 0 Å². The van der Waals surface area contributed by atoms with Crippen molar-refractivity contribution in [1.82, 2.24) is 0 Å². The summed E-state index contributed by atoms with van der Waals surface area (Å²) in [5.41, 5.74) is 0.801. The van der Waals surface area contributed by atoms with Crippen LogP contribution in [0.4, 0.5) is 5.69 Å². The maximum atomic E-state index is 12.1. The number of nitro groups is 1. The van der Waals surface area contributed by atoms with E-state index in [2.05, 4.69) is 0 Å². The van der Waals surface area contributed by atoms with Gasteiger partial charge >= 0.3 is 5.97 Å². The standard InChI is InChI=1S/C17H15NO5S/c1-11-3-4-13(9-15(11)18(21)22)16(19)10-23-17(20)12-5-7-14(24-2)8-6-12/h3-9H,10H2,1-2H3. The topological polar surface area (TPSA) is 86.5 Å². The predicted octanol–water partition coefficient (Wildman–Crippen LogP) is 3.66. The lowest BCUT2D eigenvalue weighted by molar-refractivity contribution is -0.385. The SMILES string of the molecule is CSc1ccc(C(=O)OCC(=O)c2ccc(C)c([N+](=O)[O-])c2)cc1. The lowest BCUT2D eigenvalue weighted by atomic mass is 10.1. The Morgan fingerprint density at radius 2 is 1.75 bits per heavy atom. The summed E-state index contributed by atoms with van der Waals surface area (Å²) < 4.78 is 4.98. The van der Waals surface area contributed by atoms with Crippen LogP contribution in [0.2, 0.25) is 0 Å². The molecule has 2 aromatic rings. The van der Waals surface area contributed by atoms with E-state index in [1.165, 1.54) is 18.2 Å². The Morgan fingerprint density at radius 1 is 1.12 bits per heavy atom. The van der Waals surface area contributed by atoms with Crippen molar-refractivity contribution < 1.29 is 19.2 Å². The zero-order valence-corrected chi connectivity index (χ0v) is 14.0. The van der Waals surface area contributed by atoms with Crippen LogP contribution in [0.25, 0.3) is 0 Å². The molecule has 24 heavy (non-hydrogen) atoms. The van der Waals surface area contributed by atoms with Gasteiger partial charge < -0.3 is 4.74 Å². The number of rotatable bonds is 6. The highest BCUT2D eigenvalue weighted by Crippen LogP contribution is 2.20. The van der Waals surface area contributed by atoms with E-state index < -0.39 is 23.3 Å². The van der Waals surface area contributed by atoms with E-state index in [0.29, 0.717) is 11.1 Å². The lowest BCUT2D eigenvalue weighted by Gasteiger charge is -2.06. The third-order valence-electron chi connectivity index (χ3n) is 3.39. The highest BCUT2D eigenvalue weighted by molar-refractivity contribution is 7.98. The molecule has 124 valence electrons. The fourth-order valence-electron chi connectivity index (χ4n) is 2.00. The molecule has 0 aliphatic carbocycles. The van der Waals surface area contributed by atoms with Gasteiger partial charge in [0.1, 0.15) is 0 Å². The Balaban J connectivity index is 2.03. The highest BCUT2D eigenvalue weighted by Gasteiger charge is 2.16. The van der Waals surface area contributed by atoms with Crippen LogP contribution in [0.5, 0.6) is 0 Å². The second-order valence-electron chi connectivity index (χ2n) is 4.99. The van der Waals surface area contributed by atoms with Gasteiger partial charge in [0.15, 0.2) is 6.61 Å². The van der Waals surface area contributed by atoms with Crippen molar-refractivity contribution in [2.75, 3.05) is 12.9 Å². The number of hydrogen-bond acceptors (Lipinski definition) is 6. The summed E-state index contributed by atoms with van der Waals surface area (Å²) in [4.78, 5) is 35.3. The summed E-state index contributed by atoms with van der Waals surface area (Å²) in [5.74, 6) is -1.11. The Hall–Kier alpha value is -2.67. The number of benzene rings is 2. The van der Waals surface area contributed by atoms with Crippen LogP contribution in [-0.2, 0) is 4.74 Å². The molecule has 0 heterocycles. The zero-order valence-electron chi connectivity index (χ0n) is 13.1. The number of ether oxygens (including phenoxy) is 1. The molecule has 0 aliphatic heterocycles. The number of Topliss-reactive ketones (excluding diaryl/α,β-unsaturated/α-hetero) is 1. The second-order valence-corrected chi connectivity index (χ2v) is 5.87. The minimum Gasteiger partial charge on any atom is -0.454 e. The van der Waals surface area contributed by atoms with Crippen LogP contribution >= 0.6 is 11.8 Å². The van der Waals surface area contributed by atoms with Gasteiger partial charge in [0, 0.05) is 22.1 Å². The summed E-state index contributed by atoms with van der Waals surface area (Å²) in [6.45, 7) is 1.12. The zero-order chi connectivity index (χ0) is 17.7.